The minimum absolute atomic E-state index is 0.117. The third kappa shape index (κ3) is 3.28. The quantitative estimate of drug-likeness (QED) is 0.733. The largest absolute Gasteiger partial charge is 0.445 e. The first-order valence-corrected chi connectivity index (χ1v) is 8.95. The number of amides is 2. The lowest BCUT2D eigenvalue weighted by atomic mass is 10.1. The standard InChI is InChI=1S/C18H18ClN5O3/c1-22-13-9-20-17(19)21-15(13)24-8-7-23(10-14(24)16(22)25)18(26)27-11-12-5-3-2-4-6-12/h2-6,9,14H,7-8,10-11H2,1H3. The van der Waals surface area contributed by atoms with Crippen molar-refractivity contribution in [3.05, 3.63) is 47.4 Å². The summed E-state index contributed by atoms with van der Waals surface area (Å²) in [5.41, 5.74) is 1.53. The Morgan fingerprint density at radius 1 is 1.30 bits per heavy atom. The van der Waals surface area contributed by atoms with Crippen molar-refractivity contribution in [3.63, 3.8) is 0 Å². The van der Waals surface area contributed by atoms with E-state index in [0.29, 0.717) is 24.6 Å². The molecule has 140 valence electrons. The summed E-state index contributed by atoms with van der Waals surface area (Å²) in [6.07, 6.45) is 1.11. The number of halogens is 1. The van der Waals surface area contributed by atoms with Crippen LogP contribution in [0.5, 0.6) is 0 Å². The average molecular weight is 388 g/mol. The molecule has 0 aliphatic carbocycles. The van der Waals surface area contributed by atoms with Gasteiger partial charge in [-0.15, -0.1) is 0 Å². The lowest BCUT2D eigenvalue weighted by Crippen LogP contribution is -2.63. The first kappa shape index (κ1) is 17.5. The summed E-state index contributed by atoms with van der Waals surface area (Å²) in [7, 11) is 1.67. The number of likely N-dealkylation sites (N-methyl/N-ethyl adjacent to an activating group) is 1. The molecule has 1 aromatic heterocycles. The highest BCUT2D eigenvalue weighted by Gasteiger charge is 2.42. The summed E-state index contributed by atoms with van der Waals surface area (Å²) in [4.78, 5) is 38.4. The van der Waals surface area contributed by atoms with Gasteiger partial charge in [0.15, 0.2) is 5.82 Å². The van der Waals surface area contributed by atoms with Crippen LogP contribution in [-0.2, 0) is 16.1 Å². The second-order valence-electron chi connectivity index (χ2n) is 6.44. The molecule has 0 saturated carbocycles. The Hall–Kier alpha value is -2.87. The summed E-state index contributed by atoms with van der Waals surface area (Å²) >= 11 is 5.93. The maximum atomic E-state index is 12.8. The monoisotopic (exact) mass is 387 g/mol. The molecule has 9 heteroatoms. The zero-order valence-corrected chi connectivity index (χ0v) is 15.5. The van der Waals surface area contributed by atoms with Crippen LogP contribution < -0.4 is 9.80 Å². The smallest absolute Gasteiger partial charge is 0.410 e. The molecule has 2 amide bonds. The van der Waals surface area contributed by atoms with E-state index in [-0.39, 0.29) is 24.3 Å². The second kappa shape index (κ2) is 7.03. The van der Waals surface area contributed by atoms with Crippen molar-refractivity contribution < 1.29 is 14.3 Å². The van der Waals surface area contributed by atoms with Crippen molar-refractivity contribution in [2.45, 2.75) is 12.6 Å². The van der Waals surface area contributed by atoms with Crippen molar-refractivity contribution >= 4 is 35.1 Å². The molecule has 0 N–H and O–H groups in total. The lowest BCUT2D eigenvalue weighted by Gasteiger charge is -2.45. The van der Waals surface area contributed by atoms with E-state index >= 15 is 0 Å². The summed E-state index contributed by atoms with van der Waals surface area (Å²) in [6, 6.07) is 8.96. The molecule has 2 aliphatic rings. The number of carbonyl (C=O) groups excluding carboxylic acids is 2. The van der Waals surface area contributed by atoms with Crippen molar-refractivity contribution in [2.75, 3.05) is 36.5 Å². The topological polar surface area (TPSA) is 78.9 Å². The maximum absolute atomic E-state index is 12.8. The number of hydrogen-bond acceptors (Lipinski definition) is 6. The molecule has 3 heterocycles. The van der Waals surface area contributed by atoms with Gasteiger partial charge in [0.1, 0.15) is 18.3 Å². The first-order chi connectivity index (χ1) is 13.0. The van der Waals surface area contributed by atoms with Crippen molar-refractivity contribution in [2.24, 2.45) is 0 Å². The van der Waals surface area contributed by atoms with Gasteiger partial charge in [-0.2, -0.15) is 4.98 Å². The summed E-state index contributed by atoms with van der Waals surface area (Å²) < 4.78 is 5.39. The normalized spacial score (nSPS) is 18.8. The number of carbonyl (C=O) groups is 2. The Bertz CT molecular complexity index is 879. The summed E-state index contributed by atoms with van der Waals surface area (Å²) in [6.45, 7) is 1.33. The Balaban J connectivity index is 1.48. The lowest BCUT2D eigenvalue weighted by molar-refractivity contribution is -0.120. The fourth-order valence-electron chi connectivity index (χ4n) is 3.36. The molecule has 2 aliphatic heterocycles. The highest BCUT2D eigenvalue weighted by molar-refractivity contribution is 6.28. The molecule has 0 bridgehead atoms. The van der Waals surface area contributed by atoms with Crippen molar-refractivity contribution in [1.82, 2.24) is 14.9 Å². The van der Waals surface area contributed by atoms with E-state index in [1.54, 1.807) is 18.1 Å². The fraction of sp³-hybridized carbons (Fsp3) is 0.333. The third-order valence-corrected chi connectivity index (χ3v) is 5.00. The second-order valence-corrected chi connectivity index (χ2v) is 6.78. The van der Waals surface area contributed by atoms with Crippen LogP contribution in [0.25, 0.3) is 0 Å². The summed E-state index contributed by atoms with van der Waals surface area (Å²) in [5.74, 6) is 0.494. The number of ether oxygens (including phenoxy) is 1. The van der Waals surface area contributed by atoms with Gasteiger partial charge >= 0.3 is 6.09 Å². The number of benzene rings is 1. The molecule has 1 unspecified atom stereocenters. The number of piperazine rings is 1. The molecule has 4 rings (SSSR count). The number of nitrogens with zero attached hydrogens (tertiary/aromatic N) is 5. The maximum Gasteiger partial charge on any atom is 0.410 e. The molecule has 0 spiro atoms. The Kier molecular flexibility index (Phi) is 4.57. The van der Waals surface area contributed by atoms with Crippen LogP contribution in [0.15, 0.2) is 36.5 Å². The van der Waals surface area contributed by atoms with Gasteiger partial charge in [0.2, 0.25) is 5.28 Å². The van der Waals surface area contributed by atoms with E-state index in [4.69, 9.17) is 16.3 Å². The number of hydrogen-bond donors (Lipinski definition) is 0. The van der Waals surface area contributed by atoms with Crippen LogP contribution in [0.1, 0.15) is 5.56 Å². The van der Waals surface area contributed by atoms with Gasteiger partial charge in [-0.25, -0.2) is 9.78 Å². The minimum Gasteiger partial charge on any atom is -0.445 e. The predicted octanol–water partition coefficient (Wildman–Crippen LogP) is 1.93. The molecule has 1 atom stereocenters. The van der Waals surface area contributed by atoms with Crippen LogP contribution in [0, 0.1) is 0 Å². The fourth-order valence-corrected chi connectivity index (χ4v) is 3.49. The van der Waals surface area contributed by atoms with Crippen molar-refractivity contribution in [3.8, 4) is 0 Å². The third-order valence-electron chi connectivity index (χ3n) is 4.81. The van der Waals surface area contributed by atoms with Crippen LogP contribution in [0.3, 0.4) is 0 Å². The van der Waals surface area contributed by atoms with Gasteiger partial charge in [-0.05, 0) is 17.2 Å². The number of fused-ring (bicyclic) bond motifs is 3. The van der Waals surface area contributed by atoms with Gasteiger partial charge in [0, 0.05) is 20.1 Å². The highest BCUT2D eigenvalue weighted by atomic mass is 35.5. The molecule has 27 heavy (non-hydrogen) atoms. The van der Waals surface area contributed by atoms with E-state index in [9.17, 15) is 9.59 Å². The van der Waals surface area contributed by atoms with E-state index in [2.05, 4.69) is 9.97 Å². The zero-order chi connectivity index (χ0) is 19.0. The molecular weight excluding hydrogens is 370 g/mol. The Morgan fingerprint density at radius 2 is 2.07 bits per heavy atom. The van der Waals surface area contributed by atoms with Gasteiger partial charge in [0.05, 0.1) is 12.7 Å². The Labute approximate surface area is 161 Å². The van der Waals surface area contributed by atoms with Crippen LogP contribution in [-0.4, -0.2) is 59.6 Å². The number of rotatable bonds is 2. The van der Waals surface area contributed by atoms with E-state index in [0.717, 1.165) is 5.56 Å². The summed E-state index contributed by atoms with van der Waals surface area (Å²) in [5, 5.41) is 0.125. The number of anilines is 2. The molecule has 1 fully saturated rings. The molecule has 1 saturated heterocycles. The van der Waals surface area contributed by atoms with Gasteiger partial charge in [-0.3, -0.25) is 4.79 Å². The van der Waals surface area contributed by atoms with E-state index in [1.807, 2.05) is 35.2 Å². The van der Waals surface area contributed by atoms with E-state index < -0.39 is 12.1 Å². The number of aromatic nitrogens is 2. The van der Waals surface area contributed by atoms with Gasteiger partial charge < -0.3 is 19.4 Å². The molecular formula is C18H18ClN5O3. The average Bonchev–Trinajstić information content (AvgIpc) is 2.70. The molecule has 1 aromatic carbocycles. The Morgan fingerprint density at radius 3 is 2.85 bits per heavy atom. The first-order valence-electron chi connectivity index (χ1n) is 8.57. The van der Waals surface area contributed by atoms with Gasteiger partial charge in [0.25, 0.3) is 5.91 Å². The van der Waals surface area contributed by atoms with Crippen LogP contribution in [0.4, 0.5) is 16.3 Å². The van der Waals surface area contributed by atoms with Gasteiger partial charge in [-0.1, -0.05) is 30.3 Å². The molecule has 2 aromatic rings. The molecule has 8 nitrogen and oxygen atoms in total. The van der Waals surface area contributed by atoms with E-state index in [1.165, 1.54) is 4.90 Å². The van der Waals surface area contributed by atoms with Crippen LogP contribution >= 0.6 is 11.6 Å². The molecule has 0 radical (unpaired) electrons. The predicted molar refractivity (Wildman–Crippen MR) is 99.8 cm³/mol. The highest BCUT2D eigenvalue weighted by Crippen LogP contribution is 2.35. The minimum atomic E-state index is -0.522. The van der Waals surface area contributed by atoms with Crippen LogP contribution in [0.2, 0.25) is 5.28 Å². The van der Waals surface area contributed by atoms with Crippen molar-refractivity contribution in [1.29, 1.82) is 0 Å². The SMILES string of the molecule is CN1C(=O)C2CN(C(=O)OCc3ccccc3)CCN2c2nc(Cl)ncc21. The zero-order valence-electron chi connectivity index (χ0n) is 14.7.